The van der Waals surface area contributed by atoms with Gasteiger partial charge in [-0.15, -0.1) is 11.3 Å². The van der Waals surface area contributed by atoms with Crippen LogP contribution in [0.1, 0.15) is 23.9 Å². The van der Waals surface area contributed by atoms with Gasteiger partial charge in [-0.1, -0.05) is 36.2 Å². The first-order chi connectivity index (χ1) is 13.5. The maximum Gasteiger partial charge on any atom is 0.268 e. The third kappa shape index (κ3) is 3.62. The van der Waals surface area contributed by atoms with E-state index in [1.807, 2.05) is 43.5 Å². The second-order valence-electron chi connectivity index (χ2n) is 6.61. The average molecular weight is 433 g/mol. The van der Waals surface area contributed by atoms with Crippen molar-refractivity contribution in [3.63, 3.8) is 0 Å². The summed E-state index contributed by atoms with van der Waals surface area (Å²) >= 11 is 14.0. The van der Waals surface area contributed by atoms with Crippen LogP contribution < -0.4 is 9.64 Å². The maximum absolute atomic E-state index is 13.1. The predicted octanol–water partition coefficient (Wildman–Crippen LogP) is 6.13. The molecule has 1 atom stereocenters. The minimum absolute atomic E-state index is 0.0763. The van der Waals surface area contributed by atoms with Crippen molar-refractivity contribution in [2.24, 2.45) is 0 Å². The van der Waals surface area contributed by atoms with Crippen molar-refractivity contribution >= 4 is 46.1 Å². The van der Waals surface area contributed by atoms with E-state index in [0.29, 0.717) is 28.8 Å². The fourth-order valence-electron chi connectivity index (χ4n) is 3.22. The number of anilines is 1. The number of hydrogen-bond donors (Lipinski definition) is 0. The van der Waals surface area contributed by atoms with Gasteiger partial charge >= 0.3 is 0 Å². The number of benzene rings is 2. The Morgan fingerprint density at radius 3 is 2.71 bits per heavy atom. The van der Waals surface area contributed by atoms with Gasteiger partial charge in [-0.25, -0.2) is 4.98 Å². The van der Waals surface area contributed by atoms with Crippen LogP contribution >= 0.6 is 34.5 Å². The highest BCUT2D eigenvalue weighted by Gasteiger charge is 2.34. The molecule has 0 fully saturated rings. The molecule has 7 heteroatoms. The van der Waals surface area contributed by atoms with Gasteiger partial charge in [-0.05, 0) is 49.2 Å². The van der Waals surface area contributed by atoms with Crippen LogP contribution in [-0.4, -0.2) is 17.0 Å². The van der Waals surface area contributed by atoms with E-state index in [2.05, 4.69) is 4.98 Å². The van der Waals surface area contributed by atoms with Gasteiger partial charge in [0, 0.05) is 21.0 Å². The van der Waals surface area contributed by atoms with Crippen molar-refractivity contribution < 1.29 is 9.53 Å². The number of rotatable bonds is 4. The zero-order valence-electron chi connectivity index (χ0n) is 15.4. The van der Waals surface area contributed by atoms with Crippen LogP contribution in [0.3, 0.4) is 0 Å². The Morgan fingerprint density at radius 1 is 1.21 bits per heavy atom. The monoisotopic (exact) mass is 432 g/mol. The van der Waals surface area contributed by atoms with Crippen LogP contribution in [0.4, 0.5) is 5.69 Å². The zero-order chi connectivity index (χ0) is 19.8. The largest absolute Gasteiger partial charge is 0.478 e. The normalized spacial score (nSPS) is 16.1. The molecule has 0 aliphatic carbocycles. The first-order valence-corrected chi connectivity index (χ1v) is 10.6. The molecule has 28 heavy (non-hydrogen) atoms. The second kappa shape index (κ2) is 7.74. The summed E-state index contributed by atoms with van der Waals surface area (Å²) in [5, 5.41) is 4.11. The topological polar surface area (TPSA) is 42.4 Å². The number of carbonyl (C=O) groups excluding carboxylic acids is 1. The molecule has 144 valence electrons. The standard InChI is InChI=1S/C21H18Cl2N2O2S/c1-3-19-21(26)25(10-14-4-6-15(22)9-16(14)23)18-8-13(5-7-20(18)27-19)17-11-28-12(2)24-17/h4-9,11,19H,3,10H2,1-2H3. The van der Waals surface area contributed by atoms with E-state index in [9.17, 15) is 4.79 Å². The van der Waals surface area contributed by atoms with Gasteiger partial charge in [0.1, 0.15) is 5.75 Å². The summed E-state index contributed by atoms with van der Waals surface area (Å²) in [4.78, 5) is 19.4. The molecule has 3 aromatic rings. The molecule has 1 amide bonds. The van der Waals surface area contributed by atoms with Gasteiger partial charge in [-0.3, -0.25) is 4.79 Å². The van der Waals surface area contributed by atoms with Gasteiger partial charge < -0.3 is 9.64 Å². The minimum atomic E-state index is -0.508. The Bertz CT molecular complexity index is 1050. The van der Waals surface area contributed by atoms with Crippen LogP contribution in [0.15, 0.2) is 41.8 Å². The highest BCUT2D eigenvalue weighted by molar-refractivity contribution is 7.09. The number of aromatic nitrogens is 1. The summed E-state index contributed by atoms with van der Waals surface area (Å²) in [5.74, 6) is 0.611. The molecule has 0 saturated heterocycles. The van der Waals surface area contributed by atoms with Gasteiger partial charge in [0.2, 0.25) is 0 Å². The van der Waals surface area contributed by atoms with Crippen LogP contribution in [0, 0.1) is 6.92 Å². The van der Waals surface area contributed by atoms with Crippen LogP contribution in [0.25, 0.3) is 11.3 Å². The van der Waals surface area contributed by atoms with Crippen molar-refractivity contribution in [1.29, 1.82) is 0 Å². The van der Waals surface area contributed by atoms with Crippen molar-refractivity contribution in [2.75, 3.05) is 4.90 Å². The SMILES string of the molecule is CCC1Oc2ccc(-c3csc(C)n3)cc2N(Cc2ccc(Cl)cc2Cl)C1=O. The Morgan fingerprint density at radius 2 is 2.04 bits per heavy atom. The van der Waals surface area contributed by atoms with E-state index in [0.717, 1.165) is 27.5 Å². The molecule has 0 radical (unpaired) electrons. The van der Waals surface area contributed by atoms with Crippen LogP contribution in [-0.2, 0) is 11.3 Å². The minimum Gasteiger partial charge on any atom is -0.478 e. The quantitative estimate of drug-likeness (QED) is 0.497. The molecule has 0 saturated carbocycles. The number of nitrogens with zero attached hydrogens (tertiary/aromatic N) is 2. The third-order valence-corrected chi connectivity index (χ3v) is 6.05. The van der Waals surface area contributed by atoms with E-state index < -0.39 is 6.10 Å². The summed E-state index contributed by atoms with van der Waals surface area (Å²) in [6.45, 7) is 4.26. The molecule has 2 aromatic carbocycles. The van der Waals surface area contributed by atoms with Crippen molar-refractivity contribution in [2.45, 2.75) is 32.9 Å². The van der Waals surface area contributed by atoms with E-state index in [-0.39, 0.29) is 5.91 Å². The Balaban J connectivity index is 1.77. The van der Waals surface area contributed by atoms with Gasteiger partial charge in [0.15, 0.2) is 6.10 Å². The van der Waals surface area contributed by atoms with Crippen LogP contribution in [0.2, 0.25) is 10.0 Å². The fourth-order valence-corrected chi connectivity index (χ4v) is 4.31. The van der Waals surface area contributed by atoms with Crippen LogP contribution in [0.5, 0.6) is 5.75 Å². The van der Waals surface area contributed by atoms with Crippen molar-refractivity contribution in [3.05, 3.63) is 62.4 Å². The highest BCUT2D eigenvalue weighted by atomic mass is 35.5. The molecule has 4 rings (SSSR count). The summed E-state index contributed by atoms with van der Waals surface area (Å²) < 4.78 is 5.94. The summed E-state index contributed by atoms with van der Waals surface area (Å²) in [6.07, 6.45) is 0.0850. The number of thiazole rings is 1. The molecule has 1 aliphatic rings. The number of fused-ring (bicyclic) bond motifs is 1. The molecule has 4 nitrogen and oxygen atoms in total. The predicted molar refractivity (Wildman–Crippen MR) is 115 cm³/mol. The molecule has 0 spiro atoms. The second-order valence-corrected chi connectivity index (χ2v) is 8.51. The zero-order valence-corrected chi connectivity index (χ0v) is 17.7. The van der Waals surface area contributed by atoms with E-state index in [4.69, 9.17) is 27.9 Å². The molecule has 1 unspecified atom stereocenters. The number of halogens is 2. The summed E-state index contributed by atoms with van der Waals surface area (Å²) in [7, 11) is 0. The summed E-state index contributed by atoms with van der Waals surface area (Å²) in [5.41, 5.74) is 3.39. The third-order valence-electron chi connectivity index (χ3n) is 4.69. The summed E-state index contributed by atoms with van der Waals surface area (Å²) in [6, 6.07) is 11.2. The molecule has 0 N–H and O–H groups in total. The maximum atomic E-state index is 13.1. The average Bonchev–Trinajstić information content (AvgIpc) is 3.11. The van der Waals surface area contributed by atoms with E-state index in [1.165, 1.54) is 0 Å². The molecular weight excluding hydrogens is 415 g/mol. The lowest BCUT2D eigenvalue weighted by Gasteiger charge is -2.34. The molecular formula is C21H18Cl2N2O2S. The highest BCUT2D eigenvalue weighted by Crippen LogP contribution is 2.39. The molecule has 1 aromatic heterocycles. The fraction of sp³-hybridized carbons (Fsp3) is 0.238. The Kier molecular flexibility index (Phi) is 5.32. The molecule has 1 aliphatic heterocycles. The number of hydrogen-bond acceptors (Lipinski definition) is 4. The lowest BCUT2D eigenvalue weighted by atomic mass is 10.1. The van der Waals surface area contributed by atoms with Crippen molar-refractivity contribution in [1.82, 2.24) is 4.98 Å². The number of amides is 1. The number of aryl methyl sites for hydroxylation is 1. The first kappa shape index (κ1) is 19.2. The first-order valence-electron chi connectivity index (χ1n) is 8.94. The lowest BCUT2D eigenvalue weighted by molar-refractivity contribution is -0.126. The van der Waals surface area contributed by atoms with E-state index >= 15 is 0 Å². The molecule has 2 heterocycles. The van der Waals surface area contributed by atoms with Gasteiger partial charge in [0.25, 0.3) is 5.91 Å². The lowest BCUT2D eigenvalue weighted by Crippen LogP contribution is -2.45. The molecule has 0 bridgehead atoms. The van der Waals surface area contributed by atoms with Gasteiger partial charge in [0.05, 0.1) is 22.9 Å². The number of ether oxygens (including phenoxy) is 1. The van der Waals surface area contributed by atoms with Gasteiger partial charge in [-0.2, -0.15) is 0 Å². The number of carbonyl (C=O) groups is 1. The Hall–Kier alpha value is -2.08. The van der Waals surface area contributed by atoms with Crippen molar-refractivity contribution in [3.8, 4) is 17.0 Å². The van der Waals surface area contributed by atoms with E-state index in [1.54, 1.807) is 28.4 Å². The Labute approximate surface area is 177 Å². The smallest absolute Gasteiger partial charge is 0.268 e.